The highest BCUT2D eigenvalue weighted by Crippen LogP contribution is 2.11. The quantitative estimate of drug-likeness (QED) is 0.269. The minimum Gasteiger partial charge on any atom is -0.271 e. The number of thioether (sulfide) groups is 1. The molecule has 0 aromatic carbocycles. The second kappa shape index (κ2) is 9.56. The Morgan fingerprint density at radius 1 is 1.43 bits per heavy atom. The summed E-state index contributed by atoms with van der Waals surface area (Å²) < 4.78 is 0. The van der Waals surface area contributed by atoms with Gasteiger partial charge in [-0.2, -0.15) is 11.8 Å². The third-order valence-electron chi connectivity index (χ3n) is 1.97. The Bertz CT molecular complexity index is 137. The molecule has 0 aromatic heterocycles. The molecule has 84 valence electrons. The van der Waals surface area contributed by atoms with Crippen LogP contribution in [0.2, 0.25) is 0 Å². The average molecular weight is 216 g/mol. The van der Waals surface area contributed by atoms with Crippen molar-refractivity contribution in [2.45, 2.75) is 39.2 Å². The normalized spacial score (nSPS) is 13.1. The Hall–Kier alpha value is 0.01000. The zero-order valence-electron chi connectivity index (χ0n) is 9.46. The maximum Gasteiger partial charge on any atom is 0.0301 e. The maximum atomic E-state index is 5.48. The molecule has 0 saturated heterocycles. The molecule has 0 aromatic rings. The molecule has 14 heavy (non-hydrogen) atoms. The van der Waals surface area contributed by atoms with Crippen LogP contribution in [0.25, 0.3) is 0 Å². The summed E-state index contributed by atoms with van der Waals surface area (Å²) in [6.45, 7) is 8.20. The van der Waals surface area contributed by atoms with Crippen LogP contribution >= 0.6 is 11.8 Å². The lowest BCUT2D eigenvalue weighted by Gasteiger charge is -2.15. The molecule has 0 saturated carbocycles. The van der Waals surface area contributed by atoms with Gasteiger partial charge in [0, 0.05) is 11.8 Å². The van der Waals surface area contributed by atoms with Crippen molar-refractivity contribution in [1.29, 1.82) is 0 Å². The number of rotatable bonds is 9. The van der Waals surface area contributed by atoms with Crippen LogP contribution in [0.5, 0.6) is 0 Å². The molecular formula is C11H24N2S. The van der Waals surface area contributed by atoms with E-state index in [0.717, 1.165) is 24.5 Å². The molecule has 1 unspecified atom stereocenters. The average Bonchev–Trinajstić information content (AvgIpc) is 2.15. The number of unbranched alkanes of at least 4 members (excludes halogenated alkanes) is 1. The highest BCUT2D eigenvalue weighted by atomic mass is 32.2. The van der Waals surface area contributed by atoms with Gasteiger partial charge in [-0.05, 0) is 30.9 Å². The van der Waals surface area contributed by atoms with Crippen LogP contribution in [0, 0.1) is 5.92 Å². The van der Waals surface area contributed by atoms with E-state index in [2.05, 4.69) is 25.9 Å². The molecule has 0 amide bonds. The Balaban J connectivity index is 3.42. The Kier molecular flexibility index (Phi) is 9.57. The summed E-state index contributed by atoms with van der Waals surface area (Å²) in [6.07, 6.45) is 5.39. The molecule has 3 heteroatoms. The minimum atomic E-state index is 0.457. The molecule has 3 N–H and O–H groups in total. The SMILES string of the molecule is C=CCCCC(CSCC(C)C)NN. The molecular weight excluding hydrogens is 192 g/mol. The molecule has 2 nitrogen and oxygen atoms in total. The van der Waals surface area contributed by atoms with Crippen molar-refractivity contribution in [3.8, 4) is 0 Å². The lowest BCUT2D eigenvalue weighted by atomic mass is 10.1. The van der Waals surface area contributed by atoms with Crippen molar-refractivity contribution >= 4 is 11.8 Å². The van der Waals surface area contributed by atoms with Crippen LogP contribution in [-0.4, -0.2) is 17.5 Å². The smallest absolute Gasteiger partial charge is 0.0301 e. The van der Waals surface area contributed by atoms with E-state index in [1.165, 1.54) is 12.2 Å². The van der Waals surface area contributed by atoms with E-state index in [0.29, 0.717) is 6.04 Å². The number of hydrogen-bond acceptors (Lipinski definition) is 3. The van der Waals surface area contributed by atoms with Crippen molar-refractivity contribution < 1.29 is 0 Å². The predicted molar refractivity (Wildman–Crippen MR) is 67.3 cm³/mol. The van der Waals surface area contributed by atoms with Crippen LogP contribution in [0.1, 0.15) is 33.1 Å². The fourth-order valence-electron chi connectivity index (χ4n) is 1.17. The second-order valence-corrected chi connectivity index (χ2v) is 5.09. The van der Waals surface area contributed by atoms with Crippen molar-refractivity contribution in [3.05, 3.63) is 12.7 Å². The predicted octanol–water partition coefficient (Wildman–Crippen LogP) is 2.56. The summed E-state index contributed by atoms with van der Waals surface area (Å²) in [5.41, 5.74) is 2.88. The first-order valence-corrected chi connectivity index (χ1v) is 6.51. The highest BCUT2D eigenvalue weighted by Gasteiger charge is 2.06. The van der Waals surface area contributed by atoms with Gasteiger partial charge in [0.25, 0.3) is 0 Å². The number of hydrogen-bond donors (Lipinski definition) is 2. The first-order chi connectivity index (χ1) is 6.70. The lowest BCUT2D eigenvalue weighted by Crippen LogP contribution is -2.37. The summed E-state index contributed by atoms with van der Waals surface area (Å²) in [5, 5.41) is 0. The molecule has 0 heterocycles. The third-order valence-corrected chi connectivity index (χ3v) is 3.51. The Morgan fingerprint density at radius 3 is 2.64 bits per heavy atom. The van der Waals surface area contributed by atoms with Crippen molar-refractivity contribution in [1.82, 2.24) is 5.43 Å². The van der Waals surface area contributed by atoms with Gasteiger partial charge in [-0.3, -0.25) is 11.3 Å². The lowest BCUT2D eigenvalue weighted by molar-refractivity contribution is 0.522. The number of nitrogens with two attached hydrogens (primary N) is 1. The van der Waals surface area contributed by atoms with Gasteiger partial charge in [-0.15, -0.1) is 6.58 Å². The topological polar surface area (TPSA) is 38.0 Å². The van der Waals surface area contributed by atoms with E-state index in [1.54, 1.807) is 0 Å². The van der Waals surface area contributed by atoms with Gasteiger partial charge < -0.3 is 0 Å². The molecule has 1 atom stereocenters. The highest BCUT2D eigenvalue weighted by molar-refractivity contribution is 7.99. The van der Waals surface area contributed by atoms with Crippen LogP contribution in [-0.2, 0) is 0 Å². The summed E-state index contributed by atoms with van der Waals surface area (Å²) in [7, 11) is 0. The first-order valence-electron chi connectivity index (χ1n) is 5.35. The largest absolute Gasteiger partial charge is 0.271 e. The summed E-state index contributed by atoms with van der Waals surface area (Å²) in [5.74, 6) is 8.59. The van der Waals surface area contributed by atoms with Gasteiger partial charge >= 0.3 is 0 Å². The number of hydrazine groups is 1. The summed E-state index contributed by atoms with van der Waals surface area (Å²) in [4.78, 5) is 0. The Morgan fingerprint density at radius 2 is 2.14 bits per heavy atom. The second-order valence-electron chi connectivity index (χ2n) is 4.01. The van der Waals surface area contributed by atoms with E-state index in [-0.39, 0.29) is 0 Å². The molecule has 0 aliphatic rings. The molecule has 0 radical (unpaired) electrons. The van der Waals surface area contributed by atoms with E-state index < -0.39 is 0 Å². The molecule has 0 aliphatic carbocycles. The monoisotopic (exact) mass is 216 g/mol. The molecule has 0 rings (SSSR count). The number of nitrogens with one attached hydrogen (secondary N) is 1. The summed E-state index contributed by atoms with van der Waals surface area (Å²) in [6, 6.07) is 0.457. The zero-order chi connectivity index (χ0) is 10.8. The van der Waals surface area contributed by atoms with Gasteiger partial charge in [-0.1, -0.05) is 19.9 Å². The Labute approximate surface area is 92.7 Å². The van der Waals surface area contributed by atoms with Crippen molar-refractivity contribution in [2.24, 2.45) is 11.8 Å². The van der Waals surface area contributed by atoms with Crippen molar-refractivity contribution in [3.63, 3.8) is 0 Å². The van der Waals surface area contributed by atoms with Crippen LogP contribution in [0.3, 0.4) is 0 Å². The van der Waals surface area contributed by atoms with Crippen molar-refractivity contribution in [2.75, 3.05) is 11.5 Å². The fourth-order valence-corrected chi connectivity index (χ4v) is 2.32. The van der Waals surface area contributed by atoms with Gasteiger partial charge in [-0.25, -0.2) is 0 Å². The third kappa shape index (κ3) is 8.60. The fraction of sp³-hybridized carbons (Fsp3) is 0.818. The maximum absolute atomic E-state index is 5.48. The van der Waals surface area contributed by atoms with E-state index >= 15 is 0 Å². The standard InChI is InChI=1S/C11H24N2S/c1-4-5-6-7-11(13-12)9-14-8-10(2)3/h4,10-11,13H,1,5-9,12H2,2-3H3. The molecule has 0 bridgehead atoms. The first kappa shape index (κ1) is 14.0. The van der Waals surface area contributed by atoms with Gasteiger partial charge in [0.1, 0.15) is 0 Å². The van der Waals surface area contributed by atoms with Crippen LogP contribution in [0.15, 0.2) is 12.7 Å². The van der Waals surface area contributed by atoms with E-state index in [9.17, 15) is 0 Å². The summed E-state index contributed by atoms with van der Waals surface area (Å²) >= 11 is 1.98. The number of allylic oxidation sites excluding steroid dienone is 1. The molecule has 0 fully saturated rings. The van der Waals surface area contributed by atoms with Gasteiger partial charge in [0.15, 0.2) is 0 Å². The molecule has 0 spiro atoms. The van der Waals surface area contributed by atoms with E-state index in [1.807, 2.05) is 17.8 Å². The zero-order valence-corrected chi connectivity index (χ0v) is 10.3. The van der Waals surface area contributed by atoms with Crippen LogP contribution in [0.4, 0.5) is 0 Å². The van der Waals surface area contributed by atoms with Gasteiger partial charge in [0.2, 0.25) is 0 Å². The molecule has 0 aliphatic heterocycles. The van der Waals surface area contributed by atoms with Gasteiger partial charge in [0.05, 0.1) is 0 Å². The minimum absolute atomic E-state index is 0.457. The van der Waals surface area contributed by atoms with Crippen LogP contribution < -0.4 is 11.3 Å². The van der Waals surface area contributed by atoms with E-state index in [4.69, 9.17) is 5.84 Å².